The van der Waals surface area contributed by atoms with E-state index in [0.717, 1.165) is 0 Å². The van der Waals surface area contributed by atoms with E-state index < -0.39 is 30.6 Å². The number of aliphatic hydroxyl groups excluding tert-OH is 2. The smallest absolute Gasteiger partial charge is 0.293 e. The van der Waals surface area contributed by atoms with Crippen LogP contribution in [0.5, 0.6) is 0 Å². The third kappa shape index (κ3) is 1.90. The van der Waals surface area contributed by atoms with Gasteiger partial charge in [0, 0.05) is 12.1 Å². The summed E-state index contributed by atoms with van der Waals surface area (Å²) in [6.45, 7) is 1.14. The number of aliphatic hydroxyl groups is 2. The van der Waals surface area contributed by atoms with Crippen molar-refractivity contribution in [1.29, 1.82) is 5.53 Å². The molecule has 116 valence electrons. The molecule has 1 saturated heterocycles. The minimum Gasteiger partial charge on any atom is -0.397 e. The normalized spacial score (nSPS) is 31.3. The number of ether oxygens (including phenoxy) is 1. The van der Waals surface area contributed by atoms with E-state index in [0.29, 0.717) is 16.9 Å². The first-order valence-electron chi connectivity index (χ1n) is 6.66. The van der Waals surface area contributed by atoms with Crippen LogP contribution in [0, 0.1) is 11.4 Å². The third-order valence-electron chi connectivity index (χ3n) is 3.95. The van der Waals surface area contributed by atoms with Gasteiger partial charge in [-0.1, -0.05) is 6.92 Å². The van der Waals surface area contributed by atoms with Gasteiger partial charge in [-0.05, 0) is 6.07 Å². The van der Waals surface area contributed by atoms with Crippen molar-refractivity contribution in [2.24, 2.45) is 11.0 Å². The van der Waals surface area contributed by atoms with Gasteiger partial charge in [0.25, 0.3) is 5.72 Å². The van der Waals surface area contributed by atoms with Crippen LogP contribution in [0.3, 0.4) is 0 Å². The maximum atomic E-state index is 10.3. The number of nitrogens with two attached hydrogens (primary N) is 1. The highest BCUT2D eigenvalue weighted by atomic mass is 16.6. The lowest BCUT2D eigenvalue weighted by atomic mass is 9.98. The van der Waals surface area contributed by atoms with Crippen molar-refractivity contribution in [3.8, 4) is 0 Å². The first kappa shape index (κ1) is 14.5. The Balaban J connectivity index is 2.08. The van der Waals surface area contributed by atoms with E-state index in [1.54, 1.807) is 23.8 Å². The summed E-state index contributed by atoms with van der Waals surface area (Å²) >= 11 is 0. The largest absolute Gasteiger partial charge is 0.397 e. The van der Waals surface area contributed by atoms with Crippen LogP contribution >= 0.6 is 0 Å². The summed E-state index contributed by atoms with van der Waals surface area (Å²) in [5.74, 6) is -0.432. The van der Waals surface area contributed by atoms with Crippen molar-refractivity contribution in [3.05, 3.63) is 18.6 Å². The highest BCUT2D eigenvalue weighted by Crippen LogP contribution is 2.42. The van der Waals surface area contributed by atoms with Crippen LogP contribution in [-0.4, -0.2) is 43.2 Å². The molecule has 2 aromatic heterocycles. The van der Waals surface area contributed by atoms with Gasteiger partial charge in [0.15, 0.2) is 10.8 Å². The summed E-state index contributed by atoms with van der Waals surface area (Å²) in [6.07, 6.45) is 1.25. The second kappa shape index (κ2) is 5.11. The van der Waals surface area contributed by atoms with E-state index in [1.165, 1.54) is 6.33 Å². The van der Waals surface area contributed by atoms with Crippen molar-refractivity contribution in [2.75, 3.05) is 12.3 Å². The summed E-state index contributed by atoms with van der Waals surface area (Å²) in [4.78, 5) is 11.3. The topological polar surface area (TPSA) is 157 Å². The second-order valence-corrected chi connectivity index (χ2v) is 5.24. The quantitative estimate of drug-likeness (QED) is 0.453. The van der Waals surface area contributed by atoms with Crippen molar-refractivity contribution >= 4 is 16.9 Å². The van der Waals surface area contributed by atoms with Gasteiger partial charge in [0.05, 0.1) is 12.0 Å². The Morgan fingerprint density at radius 1 is 1.59 bits per heavy atom. The van der Waals surface area contributed by atoms with Crippen LogP contribution in [0.1, 0.15) is 13.2 Å². The van der Waals surface area contributed by atoms with E-state index in [-0.39, 0.29) is 0 Å². The van der Waals surface area contributed by atoms with Gasteiger partial charge in [0.1, 0.15) is 30.0 Å². The predicted octanol–water partition coefficient (Wildman–Crippen LogP) is -0.222. The summed E-state index contributed by atoms with van der Waals surface area (Å²) in [7, 11) is 0. The second-order valence-electron chi connectivity index (χ2n) is 5.24. The molecule has 0 aliphatic carbocycles. The van der Waals surface area contributed by atoms with Crippen LogP contribution < -0.4 is 10.6 Å². The third-order valence-corrected chi connectivity index (χ3v) is 3.95. The van der Waals surface area contributed by atoms with Gasteiger partial charge < -0.3 is 20.7 Å². The molecular formula is C12H16N7O3+. The molecule has 0 aromatic carbocycles. The molecule has 0 bridgehead atoms. The van der Waals surface area contributed by atoms with Crippen molar-refractivity contribution < 1.29 is 14.9 Å². The molecule has 1 aliphatic heterocycles. The Labute approximate surface area is 124 Å². The van der Waals surface area contributed by atoms with E-state index in [9.17, 15) is 10.2 Å². The minimum atomic E-state index is -1.66. The number of nitrogen functional groups attached to an aromatic ring is 1. The Bertz CT molecular complexity index is 756. The zero-order chi connectivity index (χ0) is 15.9. The number of pyridine rings is 1. The van der Waals surface area contributed by atoms with Crippen molar-refractivity contribution in [2.45, 2.75) is 25.0 Å². The molecule has 0 saturated carbocycles. The van der Waals surface area contributed by atoms with Crippen LogP contribution in [0.2, 0.25) is 0 Å². The molecule has 0 radical (unpaired) electrons. The van der Waals surface area contributed by atoms with E-state index in [2.05, 4.69) is 20.0 Å². The van der Waals surface area contributed by atoms with Gasteiger partial charge in [-0.15, -0.1) is 0 Å². The number of rotatable bonds is 3. The Hall–Kier alpha value is -2.39. The maximum Gasteiger partial charge on any atom is 0.293 e. The molecule has 3 heterocycles. The Morgan fingerprint density at radius 3 is 3.05 bits per heavy atom. The molecule has 3 rings (SSSR count). The lowest BCUT2D eigenvalue weighted by Gasteiger charge is -2.18. The van der Waals surface area contributed by atoms with Gasteiger partial charge in [-0.3, -0.25) is 4.57 Å². The highest BCUT2D eigenvalue weighted by molar-refractivity contribution is 5.83. The maximum absolute atomic E-state index is 10.3. The number of hydrogen-bond donors (Lipinski definition) is 4. The van der Waals surface area contributed by atoms with Crippen LogP contribution in [0.4, 0.5) is 5.69 Å². The first-order valence-corrected chi connectivity index (χ1v) is 6.66. The molecule has 1 fully saturated rings. The summed E-state index contributed by atoms with van der Waals surface area (Å²) < 4.78 is 7.34. The number of imidazole rings is 1. The Morgan fingerprint density at radius 2 is 2.36 bits per heavy atom. The van der Waals surface area contributed by atoms with Crippen LogP contribution in [-0.2, 0) is 4.74 Å². The number of hydrogen-bond acceptors (Lipinski definition) is 8. The number of aromatic nitrogens is 3. The molecule has 10 nitrogen and oxygen atoms in total. The fourth-order valence-electron chi connectivity index (χ4n) is 2.73. The summed E-state index contributed by atoms with van der Waals surface area (Å²) in [5, 5.41) is 23.4. The number of nitrogens with one attached hydrogen (secondary N) is 1. The molecule has 0 amide bonds. The molecule has 10 heteroatoms. The number of nitrogens with zero attached hydrogens (tertiary/aromatic N) is 5. The molecule has 5 N–H and O–H groups in total. The van der Waals surface area contributed by atoms with E-state index in [1.807, 2.05) is 0 Å². The molecule has 4 atom stereocenters. The fraction of sp³-hybridized carbons (Fsp3) is 0.500. The number of anilines is 1. The van der Waals surface area contributed by atoms with Gasteiger partial charge in [0.2, 0.25) is 4.91 Å². The lowest BCUT2D eigenvalue weighted by molar-refractivity contribution is -0.126. The predicted molar refractivity (Wildman–Crippen MR) is 74.3 cm³/mol. The van der Waals surface area contributed by atoms with E-state index in [4.69, 9.17) is 16.0 Å². The lowest BCUT2D eigenvalue weighted by Crippen LogP contribution is -2.42. The summed E-state index contributed by atoms with van der Waals surface area (Å²) in [6, 6.07) is 1.64. The highest BCUT2D eigenvalue weighted by Gasteiger charge is 2.58. The van der Waals surface area contributed by atoms with Crippen LogP contribution in [0.25, 0.3) is 11.2 Å². The SMILES string of the molecule is C[C@@H]1[C@H](n2cnc3c(N)ccnc32)O[C@@](CO)(N=[N+]=N)[C@H]1O. The first-order chi connectivity index (χ1) is 10.5. The average Bonchev–Trinajstić information content (AvgIpc) is 3.04. The van der Waals surface area contributed by atoms with Gasteiger partial charge in [-0.25, -0.2) is 9.97 Å². The number of fused-ring (bicyclic) bond motifs is 1. The van der Waals surface area contributed by atoms with Crippen molar-refractivity contribution in [1.82, 2.24) is 19.4 Å². The molecule has 2 aromatic rings. The zero-order valence-electron chi connectivity index (χ0n) is 11.8. The summed E-state index contributed by atoms with van der Waals surface area (Å²) in [5.41, 5.74) is 12.6. The fourth-order valence-corrected chi connectivity index (χ4v) is 2.73. The zero-order valence-corrected chi connectivity index (χ0v) is 11.8. The Kier molecular flexibility index (Phi) is 3.38. The monoisotopic (exact) mass is 306 g/mol. The molecule has 0 unspecified atom stereocenters. The van der Waals surface area contributed by atoms with Gasteiger partial charge >= 0.3 is 0 Å². The standard InChI is InChI=1S/C12H16N7O3/c1-6-9(21)12(4-20,17-18-14)22-11(6)19-5-16-8-7(13)2-3-15-10(8)19/h2-3,5-6,9,11,14,20-21H,4H2,1H3,(H2,13,15)/q+1/t6-,9-,11+,12+/m0/s1. The minimum absolute atomic E-state index is 0.432. The molecule has 22 heavy (non-hydrogen) atoms. The van der Waals surface area contributed by atoms with Gasteiger partial charge in [-0.2, -0.15) is 0 Å². The molecular weight excluding hydrogens is 290 g/mol. The van der Waals surface area contributed by atoms with E-state index >= 15 is 0 Å². The molecule has 0 spiro atoms. The molecule has 1 aliphatic rings. The van der Waals surface area contributed by atoms with Crippen LogP contribution in [0.15, 0.2) is 23.7 Å². The van der Waals surface area contributed by atoms with Crippen molar-refractivity contribution in [3.63, 3.8) is 0 Å². The average molecular weight is 306 g/mol.